The Hall–Kier alpha value is -2.60. The molecule has 1 amide bonds. The largest absolute Gasteiger partial charge is 0.464 e. The zero-order chi connectivity index (χ0) is 17.3. The zero-order valence-corrected chi connectivity index (χ0v) is 14.6. The van der Waals surface area contributed by atoms with E-state index in [0.29, 0.717) is 5.69 Å². The SMILES string of the molecule is COC(=O)c1cc2sc(C)cc2n1CC(=O)Nc1ccc(C)cc1. The molecule has 124 valence electrons. The summed E-state index contributed by atoms with van der Waals surface area (Å²) in [4.78, 5) is 25.5. The highest BCUT2D eigenvalue weighted by molar-refractivity contribution is 7.19. The smallest absolute Gasteiger partial charge is 0.354 e. The number of aromatic nitrogens is 1. The number of nitrogens with one attached hydrogen (secondary N) is 1. The quantitative estimate of drug-likeness (QED) is 0.735. The van der Waals surface area contributed by atoms with Gasteiger partial charge in [-0.15, -0.1) is 11.3 Å². The van der Waals surface area contributed by atoms with Gasteiger partial charge in [-0.2, -0.15) is 0 Å². The lowest BCUT2D eigenvalue weighted by atomic mass is 10.2. The molecule has 1 N–H and O–H groups in total. The van der Waals surface area contributed by atoms with Gasteiger partial charge in [-0.25, -0.2) is 4.79 Å². The maximum atomic E-state index is 12.4. The van der Waals surface area contributed by atoms with Gasteiger partial charge in [0.15, 0.2) is 0 Å². The van der Waals surface area contributed by atoms with Crippen molar-refractivity contribution in [2.24, 2.45) is 0 Å². The molecule has 0 atom stereocenters. The normalized spacial score (nSPS) is 10.8. The monoisotopic (exact) mass is 342 g/mol. The number of amides is 1. The number of aryl methyl sites for hydroxylation is 2. The number of thiophene rings is 1. The van der Waals surface area contributed by atoms with Gasteiger partial charge in [-0.05, 0) is 38.1 Å². The summed E-state index contributed by atoms with van der Waals surface area (Å²) < 4.78 is 7.50. The van der Waals surface area contributed by atoms with E-state index in [1.165, 1.54) is 7.11 Å². The molecule has 0 spiro atoms. The summed E-state index contributed by atoms with van der Waals surface area (Å²) in [6.45, 7) is 4.04. The summed E-state index contributed by atoms with van der Waals surface area (Å²) in [5.41, 5.74) is 3.12. The summed E-state index contributed by atoms with van der Waals surface area (Å²) >= 11 is 1.59. The van der Waals surface area contributed by atoms with Crippen molar-refractivity contribution in [2.75, 3.05) is 12.4 Å². The van der Waals surface area contributed by atoms with Crippen LogP contribution in [0.4, 0.5) is 5.69 Å². The lowest BCUT2D eigenvalue weighted by Crippen LogP contribution is -2.21. The molecule has 0 fully saturated rings. The molecule has 2 aromatic heterocycles. The Labute approximate surface area is 143 Å². The highest BCUT2D eigenvalue weighted by atomic mass is 32.1. The summed E-state index contributed by atoms with van der Waals surface area (Å²) in [7, 11) is 1.34. The summed E-state index contributed by atoms with van der Waals surface area (Å²) in [5.74, 6) is -0.635. The predicted molar refractivity (Wildman–Crippen MR) is 95.7 cm³/mol. The number of esters is 1. The third kappa shape index (κ3) is 3.19. The third-order valence-corrected chi connectivity index (χ3v) is 4.73. The van der Waals surface area contributed by atoms with E-state index in [0.717, 1.165) is 26.3 Å². The predicted octanol–water partition coefficient (Wildman–Crippen LogP) is 3.74. The van der Waals surface area contributed by atoms with Gasteiger partial charge in [-0.3, -0.25) is 4.79 Å². The molecule has 6 heteroatoms. The molecule has 0 aliphatic rings. The van der Waals surface area contributed by atoms with Gasteiger partial charge in [0.05, 0.1) is 17.3 Å². The average Bonchev–Trinajstić information content (AvgIpc) is 3.06. The second-order valence-corrected chi connectivity index (χ2v) is 6.92. The van der Waals surface area contributed by atoms with E-state index in [2.05, 4.69) is 5.32 Å². The van der Waals surface area contributed by atoms with E-state index in [1.807, 2.05) is 44.2 Å². The van der Waals surface area contributed by atoms with Crippen LogP contribution in [0, 0.1) is 13.8 Å². The molecule has 2 heterocycles. The minimum absolute atomic E-state index is 0.0536. The fourth-order valence-electron chi connectivity index (χ4n) is 2.59. The Kier molecular flexibility index (Phi) is 4.40. The van der Waals surface area contributed by atoms with Crippen LogP contribution < -0.4 is 5.32 Å². The Morgan fingerprint density at radius 3 is 2.54 bits per heavy atom. The van der Waals surface area contributed by atoms with Crippen LogP contribution in [0.2, 0.25) is 0 Å². The van der Waals surface area contributed by atoms with Gasteiger partial charge in [0.1, 0.15) is 12.2 Å². The molecule has 5 nitrogen and oxygen atoms in total. The number of ether oxygens (including phenoxy) is 1. The van der Waals surface area contributed by atoms with Crippen molar-refractivity contribution in [3.05, 3.63) is 52.5 Å². The number of carbonyl (C=O) groups excluding carboxylic acids is 2. The summed E-state index contributed by atoms with van der Waals surface area (Å²) in [6, 6.07) is 11.3. The second-order valence-electron chi connectivity index (χ2n) is 5.63. The highest BCUT2D eigenvalue weighted by Crippen LogP contribution is 2.29. The minimum atomic E-state index is -0.445. The number of benzene rings is 1. The van der Waals surface area contributed by atoms with Gasteiger partial charge in [-0.1, -0.05) is 17.7 Å². The first-order chi connectivity index (χ1) is 11.5. The van der Waals surface area contributed by atoms with E-state index >= 15 is 0 Å². The third-order valence-electron chi connectivity index (χ3n) is 3.74. The first-order valence-electron chi connectivity index (χ1n) is 7.52. The van der Waals surface area contributed by atoms with E-state index in [-0.39, 0.29) is 12.5 Å². The molecule has 3 aromatic rings. The number of nitrogens with zero attached hydrogens (tertiary/aromatic N) is 1. The fourth-order valence-corrected chi connectivity index (χ4v) is 3.55. The van der Waals surface area contributed by atoms with Crippen LogP contribution >= 0.6 is 11.3 Å². The van der Waals surface area contributed by atoms with Crippen LogP contribution in [-0.4, -0.2) is 23.6 Å². The molecule has 1 aromatic carbocycles. The minimum Gasteiger partial charge on any atom is -0.464 e. The molecule has 3 rings (SSSR count). The maximum absolute atomic E-state index is 12.4. The first-order valence-corrected chi connectivity index (χ1v) is 8.34. The molecule has 24 heavy (non-hydrogen) atoms. The van der Waals surface area contributed by atoms with Crippen molar-refractivity contribution in [2.45, 2.75) is 20.4 Å². The molecule has 0 aliphatic carbocycles. The lowest BCUT2D eigenvalue weighted by Gasteiger charge is -2.10. The van der Waals surface area contributed by atoms with Gasteiger partial charge < -0.3 is 14.6 Å². The van der Waals surface area contributed by atoms with Crippen LogP contribution in [0.3, 0.4) is 0 Å². The first kappa shape index (κ1) is 16.3. The molecule has 0 aliphatic heterocycles. The van der Waals surface area contributed by atoms with Crippen molar-refractivity contribution in [3.8, 4) is 0 Å². The number of hydrogen-bond acceptors (Lipinski definition) is 4. The van der Waals surface area contributed by atoms with E-state index in [1.54, 1.807) is 22.0 Å². The standard InChI is InChI=1S/C18H18N2O3S/c1-11-4-6-13(7-5-11)19-17(21)10-20-14-8-12(2)24-16(14)9-15(20)18(22)23-3/h4-9H,10H2,1-3H3,(H,19,21). The fraction of sp³-hybridized carbons (Fsp3) is 0.222. The van der Waals surface area contributed by atoms with Crippen molar-refractivity contribution in [1.82, 2.24) is 4.57 Å². The molecule has 0 radical (unpaired) electrons. The summed E-state index contributed by atoms with van der Waals surface area (Å²) in [6.07, 6.45) is 0. The lowest BCUT2D eigenvalue weighted by molar-refractivity contribution is -0.116. The van der Waals surface area contributed by atoms with Crippen molar-refractivity contribution >= 4 is 39.1 Å². The number of fused-ring (bicyclic) bond motifs is 1. The number of methoxy groups -OCH3 is 1. The van der Waals surface area contributed by atoms with Crippen LogP contribution in [0.1, 0.15) is 20.9 Å². The molecule has 0 saturated heterocycles. The van der Waals surface area contributed by atoms with Crippen molar-refractivity contribution in [1.29, 1.82) is 0 Å². The number of carbonyl (C=O) groups is 2. The van der Waals surface area contributed by atoms with Gasteiger partial charge in [0.25, 0.3) is 0 Å². The van der Waals surface area contributed by atoms with Crippen LogP contribution in [0.25, 0.3) is 10.2 Å². The maximum Gasteiger partial charge on any atom is 0.354 e. The highest BCUT2D eigenvalue weighted by Gasteiger charge is 2.19. The summed E-state index contributed by atoms with van der Waals surface area (Å²) in [5, 5.41) is 2.85. The second kappa shape index (κ2) is 6.49. The molecule has 0 unspecified atom stereocenters. The Morgan fingerprint density at radius 2 is 1.88 bits per heavy atom. The Morgan fingerprint density at radius 1 is 1.17 bits per heavy atom. The molecule has 0 bridgehead atoms. The van der Waals surface area contributed by atoms with Crippen molar-refractivity contribution in [3.63, 3.8) is 0 Å². The Balaban J connectivity index is 1.88. The number of hydrogen-bond donors (Lipinski definition) is 1. The molecular weight excluding hydrogens is 324 g/mol. The van der Waals surface area contributed by atoms with Crippen LogP contribution in [-0.2, 0) is 16.1 Å². The average molecular weight is 342 g/mol. The zero-order valence-electron chi connectivity index (χ0n) is 13.8. The van der Waals surface area contributed by atoms with Crippen molar-refractivity contribution < 1.29 is 14.3 Å². The van der Waals surface area contributed by atoms with Gasteiger partial charge in [0, 0.05) is 10.6 Å². The van der Waals surface area contributed by atoms with Gasteiger partial charge in [0.2, 0.25) is 5.91 Å². The number of rotatable bonds is 4. The van der Waals surface area contributed by atoms with Crippen LogP contribution in [0.5, 0.6) is 0 Å². The Bertz CT molecular complexity index is 906. The van der Waals surface area contributed by atoms with E-state index < -0.39 is 5.97 Å². The molecule has 0 saturated carbocycles. The van der Waals surface area contributed by atoms with E-state index in [9.17, 15) is 9.59 Å². The van der Waals surface area contributed by atoms with E-state index in [4.69, 9.17) is 4.74 Å². The molecular formula is C18H18N2O3S. The number of anilines is 1. The van der Waals surface area contributed by atoms with Gasteiger partial charge >= 0.3 is 5.97 Å². The van der Waals surface area contributed by atoms with Crippen LogP contribution in [0.15, 0.2) is 36.4 Å². The topological polar surface area (TPSA) is 60.3 Å².